The molecule has 106 valence electrons. The van der Waals surface area contributed by atoms with Crippen molar-refractivity contribution < 1.29 is 10.3 Å². The van der Waals surface area contributed by atoms with Crippen LogP contribution in [0.4, 0.5) is 0 Å². The Hall–Kier alpha value is -2.34. The van der Waals surface area contributed by atoms with Crippen molar-refractivity contribution in [1.29, 1.82) is 0 Å². The maximum absolute atomic E-state index is 10.2. The Kier molecular flexibility index (Phi) is 4.37. The first-order valence-electron chi connectivity index (χ1n) is 6.36. The Morgan fingerprint density at radius 2 is 2.10 bits per heavy atom. The first-order chi connectivity index (χ1) is 9.61. The second kappa shape index (κ2) is 6.21. The minimum atomic E-state index is -0.541. The molecule has 0 fully saturated rings. The highest BCUT2D eigenvalue weighted by Crippen LogP contribution is 2.23. The van der Waals surface area contributed by atoms with Gasteiger partial charge in [0.1, 0.15) is 5.69 Å². The van der Waals surface area contributed by atoms with Crippen LogP contribution in [-0.2, 0) is 0 Å². The lowest BCUT2D eigenvalue weighted by Gasteiger charge is -2.17. The van der Waals surface area contributed by atoms with E-state index in [4.69, 9.17) is 10.9 Å². The molecule has 0 radical (unpaired) electrons. The number of rotatable bonds is 5. The molecule has 0 amide bonds. The second-order valence-corrected chi connectivity index (χ2v) is 4.70. The zero-order chi connectivity index (χ0) is 14.5. The molecule has 20 heavy (non-hydrogen) atoms. The average Bonchev–Trinajstić information content (AvgIpc) is 2.97. The van der Waals surface area contributed by atoms with Crippen LogP contribution < -0.4 is 5.73 Å². The van der Waals surface area contributed by atoms with Gasteiger partial charge in [0.2, 0.25) is 0 Å². The van der Waals surface area contributed by atoms with E-state index in [9.17, 15) is 5.11 Å². The van der Waals surface area contributed by atoms with E-state index in [1.165, 1.54) is 0 Å². The monoisotopic (exact) mass is 274 g/mol. The maximum atomic E-state index is 10.2. The molecule has 2 rings (SSSR count). The molecule has 6 nitrogen and oxygen atoms in total. The number of nitrogens with two attached hydrogens (primary N) is 1. The van der Waals surface area contributed by atoms with Crippen LogP contribution in [0, 0.1) is 0 Å². The lowest BCUT2D eigenvalue weighted by molar-refractivity contribution is 0.149. The normalized spacial score (nSPS) is 15.0. The van der Waals surface area contributed by atoms with Gasteiger partial charge in [0.05, 0.1) is 12.4 Å². The minimum absolute atomic E-state index is 0.0282. The number of aliphatic hydroxyl groups is 1. The summed E-state index contributed by atoms with van der Waals surface area (Å²) in [5.41, 5.74) is 6.77. The minimum Gasteiger partial charge on any atom is -0.409 e. The van der Waals surface area contributed by atoms with E-state index < -0.39 is 6.10 Å². The number of imidazole rings is 1. The Morgan fingerprint density at radius 1 is 1.40 bits per heavy atom. The number of hydrogen-bond donors (Lipinski definition) is 3. The van der Waals surface area contributed by atoms with E-state index >= 15 is 0 Å². The van der Waals surface area contributed by atoms with Crippen LogP contribution in [0.1, 0.15) is 36.7 Å². The van der Waals surface area contributed by atoms with Gasteiger partial charge in [-0.2, -0.15) is 0 Å². The van der Waals surface area contributed by atoms with Gasteiger partial charge >= 0.3 is 0 Å². The highest BCUT2D eigenvalue weighted by atomic mass is 16.4. The van der Waals surface area contributed by atoms with Crippen LogP contribution in [0.3, 0.4) is 0 Å². The van der Waals surface area contributed by atoms with Crippen LogP contribution in [0.5, 0.6) is 0 Å². The molecule has 2 atom stereocenters. The summed E-state index contributed by atoms with van der Waals surface area (Å²) in [5, 5.41) is 21.7. The highest BCUT2D eigenvalue weighted by Gasteiger charge is 2.14. The molecule has 4 N–H and O–H groups in total. The maximum Gasteiger partial charge on any atom is 0.190 e. The van der Waals surface area contributed by atoms with Gasteiger partial charge in [0.15, 0.2) is 5.84 Å². The third kappa shape index (κ3) is 3.16. The second-order valence-electron chi connectivity index (χ2n) is 4.70. The van der Waals surface area contributed by atoms with Crippen LogP contribution in [0.15, 0.2) is 48.0 Å². The van der Waals surface area contributed by atoms with Crippen molar-refractivity contribution in [3.8, 4) is 0 Å². The molecule has 2 unspecified atom stereocenters. The molecule has 0 saturated carbocycles. The van der Waals surface area contributed by atoms with Gasteiger partial charge in [-0.3, -0.25) is 0 Å². The van der Waals surface area contributed by atoms with E-state index in [2.05, 4.69) is 10.1 Å². The van der Waals surface area contributed by atoms with E-state index in [1.54, 1.807) is 12.5 Å². The number of benzene rings is 1. The van der Waals surface area contributed by atoms with Gasteiger partial charge in [-0.1, -0.05) is 35.5 Å². The largest absolute Gasteiger partial charge is 0.409 e. The van der Waals surface area contributed by atoms with Crippen LogP contribution in [0.2, 0.25) is 0 Å². The Morgan fingerprint density at radius 3 is 2.75 bits per heavy atom. The van der Waals surface area contributed by atoms with Crippen molar-refractivity contribution in [3.63, 3.8) is 0 Å². The number of amidine groups is 1. The van der Waals surface area contributed by atoms with E-state index in [-0.39, 0.29) is 11.9 Å². The van der Waals surface area contributed by atoms with Crippen LogP contribution in [-0.4, -0.2) is 25.7 Å². The smallest absolute Gasteiger partial charge is 0.190 e. The quantitative estimate of drug-likeness (QED) is 0.334. The molecule has 1 aromatic heterocycles. The third-order valence-corrected chi connectivity index (χ3v) is 3.23. The molecule has 1 heterocycles. The predicted octanol–water partition coefficient (Wildman–Crippen LogP) is 1.66. The average molecular weight is 274 g/mol. The molecular formula is C14H18N4O2. The Labute approximate surface area is 117 Å². The first-order valence-corrected chi connectivity index (χ1v) is 6.36. The van der Waals surface area contributed by atoms with Gasteiger partial charge in [-0.25, -0.2) is 4.98 Å². The molecule has 6 heteroatoms. The predicted molar refractivity (Wildman–Crippen MR) is 75.5 cm³/mol. The molecule has 0 spiro atoms. The zero-order valence-corrected chi connectivity index (χ0v) is 11.2. The summed E-state index contributed by atoms with van der Waals surface area (Å²) in [5.74, 6) is -0.0282. The molecule has 0 saturated heterocycles. The molecule has 0 aliphatic carbocycles. The summed E-state index contributed by atoms with van der Waals surface area (Å²) in [4.78, 5) is 4.05. The Balaban J connectivity index is 2.05. The van der Waals surface area contributed by atoms with Crippen LogP contribution in [0.25, 0.3) is 0 Å². The lowest BCUT2D eigenvalue weighted by Crippen LogP contribution is -2.13. The standard InChI is InChI=1S/C14H18N4O2/c1-10(7-13(19)11-5-3-2-4-6-11)18-8-12(16-9-18)14(15)17-20/h2-6,8-10,13,19-20H,7H2,1H3,(H2,15,17). The summed E-state index contributed by atoms with van der Waals surface area (Å²) in [6, 6.07) is 9.55. The summed E-state index contributed by atoms with van der Waals surface area (Å²) in [7, 11) is 0. The SMILES string of the molecule is CC(CC(O)c1ccccc1)n1cnc(C(N)=NO)c1. The van der Waals surface area contributed by atoms with Crippen molar-refractivity contribution in [2.75, 3.05) is 0 Å². The van der Waals surface area contributed by atoms with Crippen molar-refractivity contribution in [1.82, 2.24) is 9.55 Å². The fourth-order valence-electron chi connectivity index (χ4n) is 2.02. The van der Waals surface area contributed by atoms with Gasteiger partial charge in [0, 0.05) is 12.2 Å². The number of aromatic nitrogens is 2. The third-order valence-electron chi connectivity index (χ3n) is 3.23. The molecule has 0 aliphatic heterocycles. The summed E-state index contributed by atoms with van der Waals surface area (Å²) < 4.78 is 1.83. The number of hydrogen-bond acceptors (Lipinski definition) is 4. The van der Waals surface area contributed by atoms with Gasteiger partial charge in [-0.15, -0.1) is 0 Å². The summed E-state index contributed by atoms with van der Waals surface area (Å²) >= 11 is 0. The fourth-order valence-corrected chi connectivity index (χ4v) is 2.02. The lowest BCUT2D eigenvalue weighted by atomic mass is 10.0. The zero-order valence-electron chi connectivity index (χ0n) is 11.2. The first kappa shape index (κ1) is 14.1. The molecule has 0 aliphatic rings. The van der Waals surface area contributed by atoms with Gasteiger partial charge < -0.3 is 20.6 Å². The van der Waals surface area contributed by atoms with Crippen molar-refractivity contribution in [2.45, 2.75) is 25.5 Å². The van der Waals surface area contributed by atoms with Gasteiger partial charge in [-0.05, 0) is 18.9 Å². The fraction of sp³-hybridized carbons (Fsp3) is 0.286. The highest BCUT2D eigenvalue weighted by molar-refractivity contribution is 5.94. The summed E-state index contributed by atoms with van der Waals surface area (Å²) in [6.07, 6.45) is 3.31. The number of nitrogens with zero attached hydrogens (tertiary/aromatic N) is 3. The van der Waals surface area contributed by atoms with E-state index in [0.717, 1.165) is 5.56 Å². The van der Waals surface area contributed by atoms with Crippen molar-refractivity contribution in [3.05, 3.63) is 54.1 Å². The van der Waals surface area contributed by atoms with E-state index in [0.29, 0.717) is 12.1 Å². The molecular weight excluding hydrogens is 256 g/mol. The van der Waals surface area contributed by atoms with E-state index in [1.807, 2.05) is 41.8 Å². The molecule has 0 bridgehead atoms. The van der Waals surface area contributed by atoms with Crippen LogP contribution >= 0.6 is 0 Å². The van der Waals surface area contributed by atoms with Crippen molar-refractivity contribution in [2.24, 2.45) is 10.9 Å². The summed E-state index contributed by atoms with van der Waals surface area (Å²) in [6.45, 7) is 1.98. The molecule has 2 aromatic rings. The number of aliphatic hydroxyl groups excluding tert-OH is 1. The van der Waals surface area contributed by atoms with Gasteiger partial charge in [0.25, 0.3) is 0 Å². The Bertz CT molecular complexity index is 580. The number of oxime groups is 1. The topological polar surface area (TPSA) is 96.7 Å². The van der Waals surface area contributed by atoms with Crippen molar-refractivity contribution >= 4 is 5.84 Å². The molecule has 1 aromatic carbocycles.